The van der Waals surface area contributed by atoms with Gasteiger partial charge in [-0.05, 0) is 18.2 Å². The first-order chi connectivity index (χ1) is 7.57. The summed E-state index contributed by atoms with van der Waals surface area (Å²) in [7, 11) is 0. The zero-order valence-electron chi connectivity index (χ0n) is 7.79. The van der Waals surface area contributed by atoms with E-state index in [-0.39, 0.29) is 5.02 Å². The standard InChI is InChI=1S/C9H3ClF6O/c10-4-1-2-5(6(11)3-4)7(17)8(12,13)9(14,15)16/h1-3H. The van der Waals surface area contributed by atoms with E-state index in [1.165, 1.54) is 0 Å². The van der Waals surface area contributed by atoms with Crippen LogP contribution in [0.3, 0.4) is 0 Å². The summed E-state index contributed by atoms with van der Waals surface area (Å²) in [5, 5.41) is -0.227. The zero-order chi connectivity index (χ0) is 13.4. The van der Waals surface area contributed by atoms with Crippen molar-refractivity contribution in [2.75, 3.05) is 0 Å². The number of hydrogen-bond acceptors (Lipinski definition) is 1. The lowest BCUT2D eigenvalue weighted by Gasteiger charge is -2.18. The highest BCUT2D eigenvalue weighted by Crippen LogP contribution is 2.38. The predicted octanol–water partition coefficient (Wildman–Crippen LogP) is 3.86. The van der Waals surface area contributed by atoms with E-state index in [1.807, 2.05) is 0 Å². The molecule has 0 aliphatic rings. The monoisotopic (exact) mass is 276 g/mol. The minimum Gasteiger partial charge on any atom is -0.287 e. The molecule has 0 heterocycles. The summed E-state index contributed by atoms with van der Waals surface area (Å²) in [5.41, 5.74) is -1.36. The molecule has 1 nitrogen and oxygen atoms in total. The molecule has 1 rings (SSSR count). The third-order valence-corrected chi connectivity index (χ3v) is 2.05. The molecule has 0 aromatic heterocycles. The van der Waals surface area contributed by atoms with Gasteiger partial charge in [0.1, 0.15) is 5.82 Å². The van der Waals surface area contributed by atoms with Crippen LogP contribution >= 0.6 is 11.6 Å². The lowest BCUT2D eigenvalue weighted by molar-refractivity contribution is -0.255. The van der Waals surface area contributed by atoms with E-state index in [0.717, 1.165) is 6.07 Å². The topological polar surface area (TPSA) is 17.1 Å². The quantitative estimate of drug-likeness (QED) is 0.592. The summed E-state index contributed by atoms with van der Waals surface area (Å²) in [6.07, 6.45) is -6.07. The fourth-order valence-electron chi connectivity index (χ4n) is 0.971. The van der Waals surface area contributed by atoms with Crippen molar-refractivity contribution in [3.63, 3.8) is 0 Å². The SMILES string of the molecule is O=C(c1ccc(Cl)cc1F)C(F)(F)C(F)(F)F. The van der Waals surface area contributed by atoms with Crippen LogP contribution in [-0.4, -0.2) is 17.9 Å². The van der Waals surface area contributed by atoms with Gasteiger partial charge in [0.15, 0.2) is 0 Å². The Bertz CT molecular complexity index is 453. The molecule has 94 valence electrons. The minimum absolute atomic E-state index is 0.227. The minimum atomic E-state index is -6.07. The van der Waals surface area contributed by atoms with E-state index in [4.69, 9.17) is 11.6 Å². The molecule has 1 aromatic carbocycles. The van der Waals surface area contributed by atoms with Gasteiger partial charge in [0.25, 0.3) is 0 Å². The van der Waals surface area contributed by atoms with Gasteiger partial charge in [-0.25, -0.2) is 4.39 Å². The van der Waals surface area contributed by atoms with Crippen molar-refractivity contribution in [1.82, 2.24) is 0 Å². The molecule has 0 fully saturated rings. The van der Waals surface area contributed by atoms with Crippen molar-refractivity contribution < 1.29 is 31.1 Å². The Hall–Kier alpha value is -1.24. The number of hydrogen-bond donors (Lipinski definition) is 0. The van der Waals surface area contributed by atoms with E-state index in [1.54, 1.807) is 0 Å². The van der Waals surface area contributed by atoms with E-state index in [2.05, 4.69) is 0 Å². The van der Waals surface area contributed by atoms with Crippen LogP contribution in [0.15, 0.2) is 18.2 Å². The maximum absolute atomic E-state index is 13.0. The fourth-order valence-corrected chi connectivity index (χ4v) is 1.13. The third-order valence-electron chi connectivity index (χ3n) is 1.82. The summed E-state index contributed by atoms with van der Waals surface area (Å²) < 4.78 is 73.8. The Morgan fingerprint density at radius 3 is 2.06 bits per heavy atom. The van der Waals surface area contributed by atoms with Crippen LogP contribution in [0.2, 0.25) is 5.02 Å². The van der Waals surface area contributed by atoms with Gasteiger partial charge in [-0.2, -0.15) is 22.0 Å². The first-order valence-corrected chi connectivity index (χ1v) is 4.39. The molecule has 0 N–H and O–H groups in total. The highest BCUT2D eigenvalue weighted by Gasteiger charge is 2.63. The van der Waals surface area contributed by atoms with Gasteiger partial charge in [-0.3, -0.25) is 4.79 Å². The Balaban J connectivity index is 3.22. The third kappa shape index (κ3) is 2.54. The Labute approximate surface area is 96.0 Å². The Morgan fingerprint density at radius 2 is 1.65 bits per heavy atom. The summed E-state index contributed by atoms with van der Waals surface area (Å²) in [6.45, 7) is 0. The summed E-state index contributed by atoms with van der Waals surface area (Å²) in [6, 6.07) is 1.78. The van der Waals surface area contributed by atoms with Crippen molar-refractivity contribution in [2.24, 2.45) is 0 Å². The van der Waals surface area contributed by atoms with Gasteiger partial charge < -0.3 is 0 Å². The van der Waals surface area contributed by atoms with Crippen LogP contribution in [0.5, 0.6) is 0 Å². The molecule has 0 saturated carbocycles. The average molecular weight is 277 g/mol. The smallest absolute Gasteiger partial charge is 0.287 e. The number of carbonyl (C=O) groups is 1. The number of rotatable bonds is 2. The molecule has 0 unspecified atom stereocenters. The number of Topliss-reactive ketones (excluding diaryl/α,β-unsaturated/α-hetero) is 1. The van der Waals surface area contributed by atoms with Gasteiger partial charge in [0.05, 0.1) is 5.56 Å². The van der Waals surface area contributed by atoms with E-state index in [9.17, 15) is 31.1 Å². The van der Waals surface area contributed by atoms with Gasteiger partial charge in [0, 0.05) is 5.02 Å². The summed E-state index contributed by atoms with van der Waals surface area (Å²) in [5.74, 6) is -9.83. The van der Waals surface area contributed by atoms with Crippen LogP contribution in [0.1, 0.15) is 10.4 Å². The fraction of sp³-hybridized carbons (Fsp3) is 0.222. The molecule has 0 amide bonds. The Morgan fingerprint density at radius 1 is 1.12 bits per heavy atom. The second-order valence-electron chi connectivity index (χ2n) is 3.03. The normalized spacial score (nSPS) is 12.6. The molecule has 0 spiro atoms. The molecular formula is C9H3ClF6O. The maximum Gasteiger partial charge on any atom is 0.461 e. The van der Waals surface area contributed by atoms with E-state index < -0.39 is 29.3 Å². The number of benzene rings is 1. The van der Waals surface area contributed by atoms with Crippen LogP contribution in [0, 0.1) is 5.82 Å². The summed E-state index contributed by atoms with van der Waals surface area (Å²) >= 11 is 5.26. The molecule has 0 aliphatic carbocycles. The highest BCUT2D eigenvalue weighted by molar-refractivity contribution is 6.30. The van der Waals surface area contributed by atoms with E-state index in [0.29, 0.717) is 12.1 Å². The second-order valence-corrected chi connectivity index (χ2v) is 3.46. The molecule has 0 atom stereocenters. The highest BCUT2D eigenvalue weighted by atomic mass is 35.5. The van der Waals surface area contributed by atoms with E-state index >= 15 is 0 Å². The number of halogens is 7. The van der Waals surface area contributed by atoms with Crippen LogP contribution in [0.4, 0.5) is 26.3 Å². The van der Waals surface area contributed by atoms with Crippen LogP contribution in [-0.2, 0) is 0 Å². The lowest BCUT2D eigenvalue weighted by atomic mass is 10.0. The van der Waals surface area contributed by atoms with Gasteiger partial charge in [-0.15, -0.1) is 0 Å². The predicted molar refractivity (Wildman–Crippen MR) is 46.7 cm³/mol. The molecule has 0 saturated heterocycles. The first-order valence-electron chi connectivity index (χ1n) is 4.02. The first kappa shape index (κ1) is 13.8. The summed E-state index contributed by atoms with van der Waals surface area (Å²) in [4.78, 5) is 10.9. The van der Waals surface area contributed by atoms with Gasteiger partial charge in [0.2, 0.25) is 5.78 Å². The van der Waals surface area contributed by atoms with Crippen molar-refractivity contribution in [3.8, 4) is 0 Å². The second kappa shape index (κ2) is 4.21. The van der Waals surface area contributed by atoms with Crippen LogP contribution in [0.25, 0.3) is 0 Å². The lowest BCUT2D eigenvalue weighted by Crippen LogP contribution is -2.44. The Kier molecular flexibility index (Phi) is 3.42. The molecule has 0 bridgehead atoms. The number of carbonyl (C=O) groups excluding carboxylic acids is 1. The van der Waals surface area contributed by atoms with Gasteiger partial charge >= 0.3 is 12.1 Å². The molecular weight excluding hydrogens is 274 g/mol. The molecule has 0 aliphatic heterocycles. The zero-order valence-corrected chi connectivity index (χ0v) is 8.54. The van der Waals surface area contributed by atoms with Crippen molar-refractivity contribution in [2.45, 2.75) is 12.1 Å². The maximum atomic E-state index is 13.0. The number of alkyl halides is 5. The number of ketones is 1. The largest absolute Gasteiger partial charge is 0.461 e. The molecule has 17 heavy (non-hydrogen) atoms. The average Bonchev–Trinajstić information content (AvgIpc) is 2.14. The van der Waals surface area contributed by atoms with Crippen molar-refractivity contribution >= 4 is 17.4 Å². The molecule has 8 heteroatoms. The van der Waals surface area contributed by atoms with Crippen molar-refractivity contribution in [3.05, 3.63) is 34.6 Å². The van der Waals surface area contributed by atoms with Crippen LogP contribution < -0.4 is 0 Å². The molecule has 0 radical (unpaired) electrons. The van der Waals surface area contributed by atoms with Crippen molar-refractivity contribution in [1.29, 1.82) is 0 Å². The molecule has 1 aromatic rings. The van der Waals surface area contributed by atoms with Gasteiger partial charge in [-0.1, -0.05) is 11.6 Å².